The van der Waals surface area contributed by atoms with E-state index in [1.165, 1.54) is 10.8 Å². The lowest BCUT2D eigenvalue weighted by Gasteiger charge is -2.13. The molecule has 0 radical (unpaired) electrons. The van der Waals surface area contributed by atoms with Crippen LogP contribution in [0.25, 0.3) is 117 Å². The van der Waals surface area contributed by atoms with Gasteiger partial charge < -0.3 is 8.98 Å². The minimum Gasteiger partial charge on any atom is -0.456 e. The van der Waals surface area contributed by atoms with Gasteiger partial charge in [-0.25, -0.2) is 15.0 Å². The van der Waals surface area contributed by atoms with E-state index in [0.717, 1.165) is 88.7 Å². The van der Waals surface area contributed by atoms with Crippen molar-refractivity contribution < 1.29 is 4.42 Å². The molecule has 12 rings (SSSR count). The fraction of sp³-hybridized carbons (Fsp3) is 0. The molecular weight excluding hydrogens is 757 g/mol. The first-order valence-electron chi connectivity index (χ1n) is 20.8. The van der Waals surface area contributed by atoms with Gasteiger partial charge in [0.2, 0.25) is 0 Å². The number of fused-ring (bicyclic) bond motifs is 6. The summed E-state index contributed by atoms with van der Waals surface area (Å²) in [5.41, 5.74) is 14.2. The lowest BCUT2D eigenvalue weighted by molar-refractivity contribution is 0.669. The first-order chi connectivity index (χ1) is 30.7. The lowest BCUT2D eigenvalue weighted by Crippen LogP contribution is -2.01. The molecule has 0 saturated carbocycles. The molecule has 0 aliphatic rings. The number of hydrogen-bond donors (Lipinski definition) is 0. The van der Waals surface area contributed by atoms with E-state index < -0.39 is 0 Å². The third-order valence-corrected chi connectivity index (χ3v) is 11.8. The van der Waals surface area contributed by atoms with E-state index in [1.807, 2.05) is 54.6 Å². The van der Waals surface area contributed by atoms with Crippen molar-refractivity contribution >= 4 is 43.7 Å². The molecule has 0 spiro atoms. The number of furan rings is 1. The first kappa shape index (κ1) is 35.5. The van der Waals surface area contributed by atoms with E-state index in [-0.39, 0.29) is 0 Å². The maximum atomic E-state index is 6.68. The van der Waals surface area contributed by atoms with Crippen molar-refractivity contribution in [3.8, 4) is 73.2 Å². The average molecular weight is 793 g/mol. The van der Waals surface area contributed by atoms with Gasteiger partial charge in [-0.2, -0.15) is 0 Å². The summed E-state index contributed by atoms with van der Waals surface area (Å²) in [7, 11) is 0. The largest absolute Gasteiger partial charge is 0.456 e. The Labute approximate surface area is 357 Å². The van der Waals surface area contributed by atoms with E-state index in [1.54, 1.807) is 0 Å². The zero-order valence-electron chi connectivity index (χ0n) is 33.5. The fourth-order valence-corrected chi connectivity index (χ4v) is 8.91. The summed E-state index contributed by atoms with van der Waals surface area (Å²) in [4.78, 5) is 15.7. The van der Waals surface area contributed by atoms with Crippen molar-refractivity contribution in [2.75, 3.05) is 0 Å². The summed E-state index contributed by atoms with van der Waals surface area (Å²) in [6.07, 6.45) is 0. The Hall–Kier alpha value is -8.41. The Morgan fingerprint density at radius 3 is 1.47 bits per heavy atom. The molecule has 0 aliphatic carbocycles. The van der Waals surface area contributed by atoms with Gasteiger partial charge in [-0.05, 0) is 100 Å². The van der Waals surface area contributed by atoms with Gasteiger partial charge in [0, 0.05) is 43.9 Å². The quantitative estimate of drug-likeness (QED) is 0.161. The van der Waals surface area contributed by atoms with E-state index in [0.29, 0.717) is 17.5 Å². The van der Waals surface area contributed by atoms with Gasteiger partial charge in [0.25, 0.3) is 0 Å². The molecule has 0 aliphatic heterocycles. The van der Waals surface area contributed by atoms with Gasteiger partial charge in [0.1, 0.15) is 11.2 Å². The standard InChI is InChI=1S/C57H36N4O/c1-5-17-37(18-6-1)41-31-42(38-19-7-2-8-20-38)33-43(32-41)56-58-55(39-21-9-3-10-22-39)59-57(60-56)44-35-48(54-47-26-14-16-28-52(47)62-53(54)36-44)40-29-30-51-49(34-40)46-25-13-15-27-50(46)61(51)45-23-11-4-12-24-45/h1-36H. The molecule has 0 fully saturated rings. The second kappa shape index (κ2) is 14.7. The van der Waals surface area contributed by atoms with Crippen LogP contribution in [0.3, 0.4) is 0 Å². The summed E-state index contributed by atoms with van der Waals surface area (Å²) in [6, 6.07) is 76.3. The zero-order valence-corrected chi connectivity index (χ0v) is 33.5. The number of rotatable bonds is 7. The Kier molecular flexibility index (Phi) is 8.42. The van der Waals surface area contributed by atoms with Gasteiger partial charge in [-0.1, -0.05) is 152 Å². The third-order valence-electron chi connectivity index (χ3n) is 11.8. The second-order valence-corrected chi connectivity index (χ2v) is 15.6. The van der Waals surface area contributed by atoms with Gasteiger partial charge in [-0.15, -0.1) is 0 Å². The Bertz CT molecular complexity index is 3560. The molecule has 0 bridgehead atoms. The van der Waals surface area contributed by atoms with Crippen molar-refractivity contribution in [3.63, 3.8) is 0 Å². The minimum absolute atomic E-state index is 0.561. The first-order valence-corrected chi connectivity index (χ1v) is 20.8. The molecule has 5 heteroatoms. The van der Waals surface area contributed by atoms with Crippen LogP contribution in [0.5, 0.6) is 0 Å². The molecule has 0 N–H and O–H groups in total. The van der Waals surface area contributed by atoms with Crippen molar-refractivity contribution in [1.29, 1.82) is 0 Å². The van der Waals surface area contributed by atoms with Gasteiger partial charge in [0.15, 0.2) is 17.5 Å². The second-order valence-electron chi connectivity index (χ2n) is 15.6. The van der Waals surface area contributed by atoms with Crippen LogP contribution >= 0.6 is 0 Å². The van der Waals surface area contributed by atoms with E-state index >= 15 is 0 Å². The fourth-order valence-electron chi connectivity index (χ4n) is 8.91. The number of benzene rings is 9. The van der Waals surface area contributed by atoms with Crippen LogP contribution in [0.15, 0.2) is 223 Å². The number of hydrogen-bond acceptors (Lipinski definition) is 4. The van der Waals surface area contributed by atoms with E-state index in [2.05, 4.69) is 168 Å². The molecule has 0 saturated heterocycles. The van der Waals surface area contributed by atoms with Crippen LogP contribution < -0.4 is 0 Å². The van der Waals surface area contributed by atoms with Crippen LogP contribution in [0, 0.1) is 0 Å². The van der Waals surface area contributed by atoms with Crippen molar-refractivity contribution in [3.05, 3.63) is 218 Å². The van der Waals surface area contributed by atoms with E-state index in [9.17, 15) is 0 Å². The molecule has 3 aromatic heterocycles. The summed E-state index contributed by atoms with van der Waals surface area (Å²) < 4.78 is 9.03. The van der Waals surface area contributed by atoms with Crippen LogP contribution in [0.1, 0.15) is 0 Å². The highest BCUT2D eigenvalue weighted by molar-refractivity contribution is 6.16. The third kappa shape index (κ3) is 6.14. The predicted octanol–water partition coefficient (Wildman–Crippen LogP) is 14.9. The normalized spacial score (nSPS) is 11.5. The predicted molar refractivity (Wildman–Crippen MR) is 254 cm³/mol. The molecule has 12 aromatic rings. The number of nitrogens with zero attached hydrogens (tertiary/aromatic N) is 4. The highest BCUT2D eigenvalue weighted by Crippen LogP contribution is 2.42. The van der Waals surface area contributed by atoms with Crippen LogP contribution in [-0.2, 0) is 0 Å². The molecule has 62 heavy (non-hydrogen) atoms. The molecule has 5 nitrogen and oxygen atoms in total. The maximum Gasteiger partial charge on any atom is 0.164 e. The summed E-state index contributed by atoms with van der Waals surface area (Å²) in [5.74, 6) is 1.74. The van der Waals surface area contributed by atoms with Gasteiger partial charge in [0.05, 0.1) is 11.0 Å². The summed E-state index contributed by atoms with van der Waals surface area (Å²) in [5, 5.41) is 4.48. The van der Waals surface area contributed by atoms with Crippen molar-refractivity contribution in [1.82, 2.24) is 19.5 Å². The number of aromatic nitrogens is 4. The Morgan fingerprint density at radius 1 is 0.306 bits per heavy atom. The van der Waals surface area contributed by atoms with Gasteiger partial charge in [-0.3, -0.25) is 0 Å². The topological polar surface area (TPSA) is 56.7 Å². The molecule has 0 amide bonds. The average Bonchev–Trinajstić information content (AvgIpc) is 3.90. The minimum atomic E-state index is 0.561. The molecule has 9 aromatic carbocycles. The highest BCUT2D eigenvalue weighted by Gasteiger charge is 2.21. The zero-order chi connectivity index (χ0) is 41.0. The lowest BCUT2D eigenvalue weighted by atomic mass is 9.95. The van der Waals surface area contributed by atoms with Crippen LogP contribution in [-0.4, -0.2) is 19.5 Å². The molecule has 290 valence electrons. The Morgan fingerprint density at radius 2 is 0.806 bits per heavy atom. The molecule has 0 atom stereocenters. The monoisotopic (exact) mass is 792 g/mol. The SMILES string of the molecule is c1ccc(-c2cc(-c3ccccc3)cc(-c3nc(-c4ccccc4)nc(-c4cc(-c5ccc6c(c5)c5ccccc5n6-c5ccccc5)c5c(c4)oc4ccccc45)n3)c2)cc1. The number of para-hydroxylation sites is 3. The summed E-state index contributed by atoms with van der Waals surface area (Å²) >= 11 is 0. The Balaban J connectivity index is 1.10. The van der Waals surface area contributed by atoms with Crippen molar-refractivity contribution in [2.45, 2.75) is 0 Å². The summed E-state index contributed by atoms with van der Waals surface area (Å²) in [6.45, 7) is 0. The van der Waals surface area contributed by atoms with Crippen LogP contribution in [0.4, 0.5) is 0 Å². The molecule has 3 heterocycles. The van der Waals surface area contributed by atoms with Crippen LogP contribution in [0.2, 0.25) is 0 Å². The highest BCUT2D eigenvalue weighted by atomic mass is 16.3. The van der Waals surface area contributed by atoms with E-state index in [4.69, 9.17) is 19.4 Å². The maximum absolute atomic E-state index is 6.68. The molecule has 0 unspecified atom stereocenters. The smallest absolute Gasteiger partial charge is 0.164 e. The van der Waals surface area contributed by atoms with Crippen molar-refractivity contribution in [2.24, 2.45) is 0 Å². The molecular formula is C57H36N4O. The van der Waals surface area contributed by atoms with Gasteiger partial charge >= 0.3 is 0 Å².